The third-order valence-electron chi connectivity index (χ3n) is 3.86. The molecule has 0 spiro atoms. The van der Waals surface area contributed by atoms with Gasteiger partial charge in [0, 0.05) is 12.7 Å². The van der Waals surface area contributed by atoms with Gasteiger partial charge in [-0.05, 0) is 18.9 Å². The van der Waals surface area contributed by atoms with E-state index in [2.05, 4.69) is 4.99 Å². The zero-order valence-corrected chi connectivity index (χ0v) is 11.7. The van der Waals surface area contributed by atoms with Crippen molar-refractivity contribution in [3.63, 3.8) is 0 Å². The average Bonchev–Trinajstić information content (AvgIpc) is 2.90. The van der Waals surface area contributed by atoms with Crippen molar-refractivity contribution in [1.29, 1.82) is 0 Å². The fourth-order valence-corrected chi connectivity index (χ4v) is 2.94. The second kappa shape index (κ2) is 6.16. The van der Waals surface area contributed by atoms with Crippen molar-refractivity contribution in [2.75, 3.05) is 14.2 Å². The van der Waals surface area contributed by atoms with Crippen LogP contribution in [-0.2, 0) is 21.7 Å². The number of rotatable bonds is 5. The lowest BCUT2D eigenvalue weighted by Crippen LogP contribution is -2.22. The molecule has 0 N–H and O–H groups in total. The summed E-state index contributed by atoms with van der Waals surface area (Å²) in [7, 11) is 3.00. The van der Waals surface area contributed by atoms with Crippen LogP contribution in [-0.4, -0.2) is 20.3 Å². The van der Waals surface area contributed by atoms with Gasteiger partial charge in [-0.1, -0.05) is 18.9 Å². The van der Waals surface area contributed by atoms with E-state index < -0.39 is 11.4 Å². The Morgan fingerprint density at radius 1 is 1.35 bits per heavy atom. The Kier molecular flexibility index (Phi) is 4.53. The maximum atomic E-state index is 14.8. The van der Waals surface area contributed by atoms with E-state index in [0.29, 0.717) is 29.7 Å². The molecular weight excluding hydrogens is 261 g/mol. The summed E-state index contributed by atoms with van der Waals surface area (Å²) in [5.41, 5.74) is -0.0490. The highest BCUT2D eigenvalue weighted by Gasteiger charge is 2.41. The highest BCUT2D eigenvalue weighted by atomic mass is 19.1. The molecule has 108 valence electrons. The maximum absolute atomic E-state index is 14.8. The molecular formula is C15H18FNO3. The minimum Gasteiger partial charge on any atom is -0.496 e. The Balaban J connectivity index is 2.62. The van der Waals surface area contributed by atoms with Crippen LogP contribution in [0.3, 0.4) is 0 Å². The fourth-order valence-electron chi connectivity index (χ4n) is 2.94. The standard InChI is InChI=1S/C15H18FNO3/c1-19-9-11-5-6-12(20-2)13(14(11)16)15(17-10-18)7-3-4-8-15/h5-6H,3-4,7-9H2,1-2H3. The minimum atomic E-state index is -0.846. The summed E-state index contributed by atoms with van der Waals surface area (Å²) in [6.45, 7) is 0.170. The zero-order chi connectivity index (χ0) is 14.6. The largest absolute Gasteiger partial charge is 0.496 e. The molecule has 0 aliphatic heterocycles. The molecule has 0 heterocycles. The summed E-state index contributed by atoms with van der Waals surface area (Å²) < 4.78 is 25.1. The topological polar surface area (TPSA) is 47.9 Å². The SMILES string of the molecule is COCc1ccc(OC)c(C2(N=C=O)CCCC2)c1F. The molecule has 1 saturated carbocycles. The molecule has 1 aliphatic rings. The van der Waals surface area contributed by atoms with Gasteiger partial charge in [0.05, 0.1) is 19.3 Å². The predicted octanol–water partition coefficient (Wildman–Crippen LogP) is 3.09. The van der Waals surface area contributed by atoms with Gasteiger partial charge in [0.15, 0.2) is 0 Å². The summed E-state index contributed by atoms with van der Waals surface area (Å²) in [6.07, 6.45) is 4.67. The molecule has 0 saturated heterocycles. The van der Waals surface area contributed by atoms with Crippen molar-refractivity contribution in [3.05, 3.63) is 29.1 Å². The van der Waals surface area contributed by atoms with Crippen molar-refractivity contribution in [1.82, 2.24) is 0 Å². The Labute approximate surface area is 117 Å². The lowest BCUT2D eigenvalue weighted by Gasteiger charge is -2.26. The van der Waals surface area contributed by atoms with Gasteiger partial charge in [-0.15, -0.1) is 0 Å². The quantitative estimate of drug-likeness (QED) is 0.614. The highest BCUT2D eigenvalue weighted by molar-refractivity contribution is 5.47. The minimum absolute atomic E-state index is 0.170. The van der Waals surface area contributed by atoms with Gasteiger partial charge >= 0.3 is 0 Å². The second-order valence-corrected chi connectivity index (χ2v) is 4.99. The first-order valence-corrected chi connectivity index (χ1v) is 6.62. The van der Waals surface area contributed by atoms with Crippen LogP contribution in [0.1, 0.15) is 36.8 Å². The number of halogens is 1. The molecule has 1 aromatic rings. The van der Waals surface area contributed by atoms with Gasteiger partial charge in [0.1, 0.15) is 17.1 Å². The van der Waals surface area contributed by atoms with E-state index >= 15 is 0 Å². The predicted molar refractivity (Wildman–Crippen MR) is 71.9 cm³/mol. The number of isocyanates is 1. The van der Waals surface area contributed by atoms with E-state index in [9.17, 15) is 9.18 Å². The van der Waals surface area contributed by atoms with Gasteiger partial charge in [0.25, 0.3) is 0 Å². The van der Waals surface area contributed by atoms with Crippen LogP contribution in [0.25, 0.3) is 0 Å². The Hall–Kier alpha value is -1.71. The molecule has 1 aromatic carbocycles. The van der Waals surface area contributed by atoms with Crippen LogP contribution in [0.4, 0.5) is 4.39 Å². The molecule has 4 nitrogen and oxygen atoms in total. The van der Waals surface area contributed by atoms with Crippen LogP contribution in [0, 0.1) is 5.82 Å². The number of methoxy groups -OCH3 is 2. The smallest absolute Gasteiger partial charge is 0.235 e. The number of hydrogen-bond donors (Lipinski definition) is 0. The van der Waals surface area contributed by atoms with Gasteiger partial charge < -0.3 is 9.47 Å². The molecule has 0 unspecified atom stereocenters. The summed E-state index contributed by atoms with van der Waals surface area (Å²) in [4.78, 5) is 14.7. The fraction of sp³-hybridized carbons (Fsp3) is 0.533. The Morgan fingerprint density at radius 2 is 2.05 bits per heavy atom. The first kappa shape index (κ1) is 14.7. The van der Waals surface area contributed by atoms with Crippen LogP contribution in [0.15, 0.2) is 17.1 Å². The van der Waals surface area contributed by atoms with Crippen molar-refractivity contribution >= 4 is 6.08 Å². The number of carbonyl (C=O) groups excluding carboxylic acids is 1. The molecule has 2 rings (SSSR count). The average molecular weight is 279 g/mol. The van der Waals surface area contributed by atoms with E-state index in [1.54, 1.807) is 18.2 Å². The summed E-state index contributed by atoms with van der Waals surface area (Å²) in [5, 5.41) is 0. The lowest BCUT2D eigenvalue weighted by molar-refractivity contribution is 0.180. The number of benzene rings is 1. The third kappa shape index (κ3) is 2.47. The first-order chi connectivity index (χ1) is 9.68. The molecule has 0 aromatic heterocycles. The van der Waals surface area contributed by atoms with Gasteiger partial charge in [0.2, 0.25) is 6.08 Å². The van der Waals surface area contributed by atoms with Crippen LogP contribution in [0.5, 0.6) is 5.75 Å². The molecule has 5 heteroatoms. The Morgan fingerprint density at radius 3 is 2.60 bits per heavy atom. The monoisotopic (exact) mass is 279 g/mol. The number of nitrogens with zero attached hydrogens (tertiary/aromatic N) is 1. The van der Waals surface area contributed by atoms with E-state index in [1.807, 2.05) is 0 Å². The Bertz CT molecular complexity index is 532. The van der Waals surface area contributed by atoms with E-state index in [0.717, 1.165) is 12.8 Å². The van der Waals surface area contributed by atoms with Crippen molar-refractivity contribution in [3.8, 4) is 5.75 Å². The molecule has 1 aliphatic carbocycles. The van der Waals surface area contributed by atoms with E-state index in [4.69, 9.17) is 9.47 Å². The second-order valence-electron chi connectivity index (χ2n) is 4.99. The first-order valence-electron chi connectivity index (χ1n) is 6.62. The van der Waals surface area contributed by atoms with Gasteiger partial charge in [-0.25, -0.2) is 9.18 Å². The number of hydrogen-bond acceptors (Lipinski definition) is 4. The normalized spacial score (nSPS) is 16.8. The van der Waals surface area contributed by atoms with Crippen LogP contribution >= 0.6 is 0 Å². The van der Waals surface area contributed by atoms with Crippen LogP contribution < -0.4 is 4.74 Å². The molecule has 0 amide bonds. The number of ether oxygens (including phenoxy) is 2. The molecule has 0 atom stereocenters. The molecule has 0 bridgehead atoms. The lowest BCUT2D eigenvalue weighted by atomic mass is 9.86. The van der Waals surface area contributed by atoms with Crippen molar-refractivity contribution in [2.24, 2.45) is 4.99 Å². The molecule has 20 heavy (non-hydrogen) atoms. The van der Waals surface area contributed by atoms with Crippen LogP contribution in [0.2, 0.25) is 0 Å². The highest BCUT2D eigenvalue weighted by Crippen LogP contribution is 2.47. The van der Waals surface area contributed by atoms with Gasteiger partial charge in [-0.3, -0.25) is 0 Å². The van der Waals surface area contributed by atoms with Crippen molar-refractivity contribution in [2.45, 2.75) is 37.8 Å². The molecule has 1 fully saturated rings. The maximum Gasteiger partial charge on any atom is 0.235 e. The summed E-state index contributed by atoms with van der Waals surface area (Å²) in [5.74, 6) is 0.0235. The third-order valence-corrected chi connectivity index (χ3v) is 3.86. The summed E-state index contributed by atoms with van der Waals surface area (Å²) >= 11 is 0. The van der Waals surface area contributed by atoms with E-state index in [1.165, 1.54) is 14.2 Å². The summed E-state index contributed by atoms with van der Waals surface area (Å²) in [6, 6.07) is 3.33. The number of aliphatic imine (C=N–C) groups is 1. The van der Waals surface area contributed by atoms with Crippen molar-refractivity contribution < 1.29 is 18.7 Å². The van der Waals surface area contributed by atoms with E-state index in [-0.39, 0.29) is 6.61 Å². The van der Waals surface area contributed by atoms with Gasteiger partial charge in [-0.2, -0.15) is 4.99 Å². The zero-order valence-electron chi connectivity index (χ0n) is 11.7. The molecule has 0 radical (unpaired) electrons.